The molecule has 1 fully saturated rings. The van der Waals surface area contributed by atoms with Crippen LogP contribution >= 0.6 is 0 Å². The molecule has 6 nitrogen and oxygen atoms in total. The van der Waals surface area contributed by atoms with Crippen LogP contribution in [0.3, 0.4) is 0 Å². The maximum atomic E-state index is 6.14. The number of ether oxygens (including phenoxy) is 2. The number of hydrogen-bond donors (Lipinski definition) is 2. The molecule has 2 aromatic carbocycles. The average molecular weight is 368 g/mol. The zero-order valence-corrected chi connectivity index (χ0v) is 16.0. The Hall–Kier alpha value is -2.73. The number of hydrogen-bond acceptors (Lipinski definition) is 4. The van der Waals surface area contributed by atoms with Crippen molar-refractivity contribution in [3.8, 4) is 11.5 Å². The summed E-state index contributed by atoms with van der Waals surface area (Å²) in [6.45, 7) is 2.84. The van der Waals surface area contributed by atoms with Gasteiger partial charge in [0.2, 0.25) is 0 Å². The molecule has 1 aliphatic heterocycles. The molecule has 1 saturated heterocycles. The topological polar surface area (TPSA) is 72.1 Å². The predicted octanol–water partition coefficient (Wildman–Crippen LogP) is 3.27. The normalized spacial score (nSPS) is 16.1. The highest BCUT2D eigenvalue weighted by Crippen LogP contribution is 2.30. The first kappa shape index (κ1) is 19.0. The molecule has 1 atom stereocenters. The maximum Gasteiger partial charge on any atom is 0.193 e. The summed E-state index contributed by atoms with van der Waals surface area (Å²) in [5.41, 5.74) is 8.23. The molecule has 0 aliphatic carbocycles. The molecule has 3 N–H and O–H groups in total. The maximum absolute atomic E-state index is 6.14. The van der Waals surface area contributed by atoms with Crippen LogP contribution < -0.4 is 20.5 Å². The fourth-order valence-electron chi connectivity index (χ4n) is 3.45. The van der Waals surface area contributed by atoms with Crippen molar-refractivity contribution in [2.24, 2.45) is 10.7 Å². The fraction of sp³-hybridized carbons (Fsp3) is 0.381. The van der Waals surface area contributed by atoms with Gasteiger partial charge in [0.1, 0.15) is 0 Å². The third kappa shape index (κ3) is 4.92. The lowest BCUT2D eigenvalue weighted by molar-refractivity contribution is 0.252. The van der Waals surface area contributed by atoms with Gasteiger partial charge in [-0.05, 0) is 43.6 Å². The first-order valence-electron chi connectivity index (χ1n) is 9.29. The number of aliphatic imine (C=N–C) groups is 1. The summed E-state index contributed by atoms with van der Waals surface area (Å²) in [6, 6.07) is 16.3. The van der Waals surface area contributed by atoms with E-state index in [0.29, 0.717) is 24.0 Å². The Bertz CT molecular complexity index is 758. The molecule has 1 aliphatic rings. The number of methoxy groups -OCH3 is 2. The van der Waals surface area contributed by atoms with Crippen LogP contribution in [-0.2, 0) is 0 Å². The van der Waals surface area contributed by atoms with Gasteiger partial charge >= 0.3 is 0 Å². The molecule has 27 heavy (non-hydrogen) atoms. The lowest BCUT2D eigenvalue weighted by Crippen LogP contribution is -2.30. The number of nitrogens with two attached hydrogens (primary N) is 1. The molecule has 0 aromatic heterocycles. The van der Waals surface area contributed by atoms with Gasteiger partial charge in [-0.2, -0.15) is 0 Å². The van der Waals surface area contributed by atoms with Crippen LogP contribution in [0.15, 0.2) is 53.5 Å². The molecule has 144 valence electrons. The molecule has 0 amide bonds. The van der Waals surface area contributed by atoms with Crippen molar-refractivity contribution in [3.05, 3.63) is 54.1 Å². The van der Waals surface area contributed by atoms with Crippen LogP contribution in [0.2, 0.25) is 0 Å². The molecule has 1 heterocycles. The highest BCUT2D eigenvalue weighted by molar-refractivity contribution is 5.92. The summed E-state index contributed by atoms with van der Waals surface area (Å²) in [5, 5.41) is 3.14. The summed E-state index contributed by atoms with van der Waals surface area (Å²) >= 11 is 0. The number of benzene rings is 2. The van der Waals surface area contributed by atoms with Crippen LogP contribution in [0, 0.1) is 0 Å². The minimum atomic E-state index is 0.249. The molecular weight excluding hydrogens is 340 g/mol. The van der Waals surface area contributed by atoms with Gasteiger partial charge < -0.3 is 20.5 Å². The number of guanidine groups is 1. The molecule has 0 bridgehead atoms. The predicted molar refractivity (Wildman–Crippen MR) is 110 cm³/mol. The van der Waals surface area contributed by atoms with E-state index in [1.807, 2.05) is 24.3 Å². The molecular formula is C21H28N4O2. The van der Waals surface area contributed by atoms with E-state index in [4.69, 9.17) is 15.2 Å². The quantitative estimate of drug-likeness (QED) is 0.580. The Kier molecular flexibility index (Phi) is 6.54. The van der Waals surface area contributed by atoms with Crippen molar-refractivity contribution in [2.45, 2.75) is 18.9 Å². The first-order valence-corrected chi connectivity index (χ1v) is 9.29. The third-order valence-electron chi connectivity index (χ3n) is 4.86. The second-order valence-electron chi connectivity index (χ2n) is 6.59. The lowest BCUT2D eigenvalue weighted by atomic mass is 10.1. The largest absolute Gasteiger partial charge is 0.493 e. The van der Waals surface area contributed by atoms with E-state index < -0.39 is 0 Å². The first-order chi connectivity index (χ1) is 13.2. The third-order valence-corrected chi connectivity index (χ3v) is 4.86. The van der Waals surface area contributed by atoms with Crippen LogP contribution in [0.5, 0.6) is 11.5 Å². The van der Waals surface area contributed by atoms with Crippen LogP contribution in [-0.4, -0.2) is 44.7 Å². The van der Waals surface area contributed by atoms with E-state index in [0.717, 1.165) is 18.8 Å². The molecule has 0 saturated carbocycles. The molecule has 1 unspecified atom stereocenters. The summed E-state index contributed by atoms with van der Waals surface area (Å²) in [7, 11) is 3.22. The van der Waals surface area contributed by atoms with Crippen molar-refractivity contribution < 1.29 is 9.47 Å². The van der Waals surface area contributed by atoms with Crippen molar-refractivity contribution >= 4 is 11.6 Å². The molecule has 2 aromatic rings. The van der Waals surface area contributed by atoms with Crippen molar-refractivity contribution in [1.29, 1.82) is 0 Å². The Labute approximate surface area is 161 Å². The Morgan fingerprint density at radius 2 is 1.78 bits per heavy atom. The fourth-order valence-corrected chi connectivity index (χ4v) is 3.45. The number of nitrogens with zero attached hydrogens (tertiary/aromatic N) is 2. The van der Waals surface area contributed by atoms with E-state index in [1.54, 1.807) is 14.2 Å². The van der Waals surface area contributed by atoms with Gasteiger partial charge in [-0.25, -0.2) is 0 Å². The Balaban J connectivity index is 1.70. The van der Waals surface area contributed by atoms with Crippen molar-refractivity contribution in [1.82, 2.24) is 4.90 Å². The highest BCUT2D eigenvalue weighted by atomic mass is 16.5. The van der Waals surface area contributed by atoms with Crippen LogP contribution in [0.4, 0.5) is 5.69 Å². The van der Waals surface area contributed by atoms with E-state index in [-0.39, 0.29) is 6.04 Å². The monoisotopic (exact) mass is 368 g/mol. The van der Waals surface area contributed by atoms with E-state index >= 15 is 0 Å². The zero-order chi connectivity index (χ0) is 19.1. The van der Waals surface area contributed by atoms with Crippen LogP contribution in [0.25, 0.3) is 0 Å². The van der Waals surface area contributed by atoms with E-state index in [1.165, 1.54) is 18.4 Å². The van der Waals surface area contributed by atoms with Gasteiger partial charge in [-0.15, -0.1) is 0 Å². The van der Waals surface area contributed by atoms with Gasteiger partial charge in [0.15, 0.2) is 17.5 Å². The number of rotatable bonds is 7. The van der Waals surface area contributed by atoms with Gasteiger partial charge in [-0.1, -0.05) is 30.3 Å². The smallest absolute Gasteiger partial charge is 0.193 e. The van der Waals surface area contributed by atoms with Crippen LogP contribution in [0.1, 0.15) is 24.4 Å². The summed E-state index contributed by atoms with van der Waals surface area (Å²) < 4.78 is 10.6. The van der Waals surface area contributed by atoms with Crippen molar-refractivity contribution in [2.75, 3.05) is 39.2 Å². The van der Waals surface area contributed by atoms with E-state index in [9.17, 15) is 0 Å². The minimum absolute atomic E-state index is 0.249. The van der Waals surface area contributed by atoms with Gasteiger partial charge in [-0.3, -0.25) is 9.89 Å². The van der Waals surface area contributed by atoms with Gasteiger partial charge in [0.05, 0.1) is 26.8 Å². The second-order valence-corrected chi connectivity index (χ2v) is 6.59. The zero-order valence-electron chi connectivity index (χ0n) is 16.0. The number of likely N-dealkylation sites (tertiary alicyclic amines) is 1. The second kappa shape index (κ2) is 9.28. The van der Waals surface area contributed by atoms with Gasteiger partial charge in [0.25, 0.3) is 0 Å². The van der Waals surface area contributed by atoms with Crippen molar-refractivity contribution in [3.63, 3.8) is 0 Å². The number of anilines is 1. The summed E-state index contributed by atoms with van der Waals surface area (Å²) in [6.07, 6.45) is 2.48. The molecule has 6 heteroatoms. The highest BCUT2D eigenvalue weighted by Gasteiger charge is 2.23. The lowest BCUT2D eigenvalue weighted by Gasteiger charge is -2.26. The Morgan fingerprint density at radius 3 is 2.44 bits per heavy atom. The summed E-state index contributed by atoms with van der Waals surface area (Å²) in [4.78, 5) is 7.10. The number of nitrogens with one attached hydrogen (secondary N) is 1. The SMILES string of the molecule is COc1ccc(NC(N)=NCC(c2ccccc2)N2CCCC2)cc1OC. The molecule has 3 rings (SSSR count). The molecule has 0 radical (unpaired) electrons. The van der Waals surface area contributed by atoms with E-state index in [2.05, 4.69) is 39.5 Å². The average Bonchev–Trinajstić information content (AvgIpc) is 3.23. The molecule has 0 spiro atoms. The standard InChI is InChI=1S/C21H28N4O2/c1-26-19-11-10-17(14-20(19)27-2)24-21(22)23-15-18(25-12-6-7-13-25)16-8-4-3-5-9-16/h3-5,8-11,14,18H,6-7,12-13,15H2,1-2H3,(H3,22,23,24). The Morgan fingerprint density at radius 1 is 1.07 bits per heavy atom. The summed E-state index contributed by atoms with van der Waals surface area (Å²) in [5.74, 6) is 1.72. The minimum Gasteiger partial charge on any atom is -0.493 e. The van der Waals surface area contributed by atoms with Gasteiger partial charge in [0, 0.05) is 11.8 Å².